The first-order valence-corrected chi connectivity index (χ1v) is 8.93. The molecule has 0 fully saturated rings. The quantitative estimate of drug-likeness (QED) is 0.480. The Kier molecular flexibility index (Phi) is 6.21. The van der Waals surface area contributed by atoms with Crippen LogP contribution < -0.4 is 5.32 Å². The Morgan fingerprint density at radius 1 is 1.50 bits per heavy atom. The first-order valence-electron chi connectivity index (χ1n) is 7.06. The first-order chi connectivity index (χ1) is 10.6. The van der Waals surface area contributed by atoms with Gasteiger partial charge in [0, 0.05) is 48.3 Å². The van der Waals surface area contributed by atoms with Crippen molar-refractivity contribution in [3.8, 4) is 0 Å². The second-order valence-corrected chi connectivity index (χ2v) is 7.07. The lowest BCUT2D eigenvalue weighted by Gasteiger charge is -2.01. The summed E-state index contributed by atoms with van der Waals surface area (Å²) >= 11 is 3.37. The highest BCUT2D eigenvalue weighted by atomic mass is 32.2. The standard InChI is InChI=1S/C15H20N4OS2/c1-11-13(12(2)19(3)18-11)5-6-14(20)16-7-4-9-21-15-17-8-10-22-15/h5-6,8,10H,4,7,9H2,1-3H3,(H,16,20)/b6-5+. The van der Waals surface area contributed by atoms with Crippen molar-refractivity contribution in [2.24, 2.45) is 7.05 Å². The predicted molar refractivity (Wildman–Crippen MR) is 92.2 cm³/mol. The van der Waals surface area contributed by atoms with E-state index in [-0.39, 0.29) is 5.91 Å². The summed E-state index contributed by atoms with van der Waals surface area (Å²) in [6.45, 7) is 4.61. The average Bonchev–Trinajstić information content (AvgIpc) is 3.07. The Hall–Kier alpha value is -1.60. The number of aromatic nitrogens is 3. The SMILES string of the molecule is Cc1nn(C)c(C)c1/C=C/C(=O)NCCCSc1nccs1. The zero-order valence-electron chi connectivity index (χ0n) is 13.0. The van der Waals surface area contributed by atoms with Crippen molar-refractivity contribution in [1.29, 1.82) is 0 Å². The Morgan fingerprint density at radius 3 is 2.95 bits per heavy atom. The number of aryl methyl sites for hydroxylation is 2. The van der Waals surface area contributed by atoms with Crippen LogP contribution in [0.4, 0.5) is 0 Å². The van der Waals surface area contributed by atoms with Crippen molar-refractivity contribution in [2.45, 2.75) is 24.6 Å². The molecule has 0 spiro atoms. The average molecular weight is 336 g/mol. The molecule has 2 aromatic heterocycles. The van der Waals surface area contributed by atoms with Crippen LogP contribution in [0, 0.1) is 13.8 Å². The number of rotatable bonds is 7. The summed E-state index contributed by atoms with van der Waals surface area (Å²) < 4.78 is 2.90. The summed E-state index contributed by atoms with van der Waals surface area (Å²) in [5.74, 6) is 0.889. The van der Waals surface area contributed by atoms with E-state index in [1.54, 1.807) is 29.2 Å². The maximum Gasteiger partial charge on any atom is 0.244 e. The number of hydrogen-bond donors (Lipinski definition) is 1. The van der Waals surface area contributed by atoms with Crippen LogP contribution in [0.25, 0.3) is 6.08 Å². The van der Waals surface area contributed by atoms with Crippen LogP contribution >= 0.6 is 23.1 Å². The molecule has 0 aliphatic carbocycles. The molecule has 22 heavy (non-hydrogen) atoms. The molecule has 2 aromatic rings. The number of hydrogen-bond acceptors (Lipinski definition) is 5. The molecule has 0 atom stereocenters. The molecule has 0 saturated carbocycles. The third kappa shape index (κ3) is 4.71. The van der Waals surface area contributed by atoms with Crippen molar-refractivity contribution in [3.05, 3.63) is 34.6 Å². The van der Waals surface area contributed by atoms with E-state index in [1.807, 2.05) is 43.2 Å². The van der Waals surface area contributed by atoms with E-state index in [0.29, 0.717) is 6.54 Å². The van der Waals surface area contributed by atoms with E-state index in [9.17, 15) is 4.79 Å². The van der Waals surface area contributed by atoms with E-state index in [1.165, 1.54) is 0 Å². The molecule has 0 aliphatic heterocycles. The molecule has 1 N–H and O–H groups in total. The number of nitrogens with one attached hydrogen (secondary N) is 1. The molecule has 0 bridgehead atoms. The highest BCUT2D eigenvalue weighted by Gasteiger charge is 2.06. The number of amides is 1. The molecule has 0 saturated heterocycles. The molecular weight excluding hydrogens is 316 g/mol. The van der Waals surface area contributed by atoms with Gasteiger partial charge in [-0.15, -0.1) is 11.3 Å². The monoisotopic (exact) mass is 336 g/mol. The van der Waals surface area contributed by atoms with Crippen molar-refractivity contribution in [1.82, 2.24) is 20.1 Å². The largest absolute Gasteiger partial charge is 0.353 e. The fraction of sp³-hybridized carbons (Fsp3) is 0.400. The van der Waals surface area contributed by atoms with Gasteiger partial charge in [0.15, 0.2) is 0 Å². The first kappa shape index (κ1) is 16.8. The number of thiazole rings is 1. The van der Waals surface area contributed by atoms with E-state index < -0.39 is 0 Å². The molecule has 0 unspecified atom stereocenters. The summed E-state index contributed by atoms with van der Waals surface area (Å²) in [5, 5.41) is 9.19. The van der Waals surface area contributed by atoms with E-state index in [2.05, 4.69) is 15.4 Å². The van der Waals surface area contributed by atoms with Crippen LogP contribution in [0.1, 0.15) is 23.4 Å². The molecule has 5 nitrogen and oxygen atoms in total. The van der Waals surface area contributed by atoms with E-state index >= 15 is 0 Å². The fourth-order valence-corrected chi connectivity index (χ4v) is 3.62. The Morgan fingerprint density at radius 2 is 2.32 bits per heavy atom. The summed E-state index contributed by atoms with van der Waals surface area (Å²) in [4.78, 5) is 16.0. The van der Waals surface area contributed by atoms with Gasteiger partial charge in [0.1, 0.15) is 4.34 Å². The highest BCUT2D eigenvalue weighted by Crippen LogP contribution is 2.20. The number of nitrogens with zero attached hydrogens (tertiary/aromatic N) is 3. The Balaban J connectivity index is 1.70. The molecule has 118 valence electrons. The third-order valence-electron chi connectivity index (χ3n) is 3.22. The van der Waals surface area contributed by atoms with Crippen molar-refractivity contribution in [3.63, 3.8) is 0 Å². The van der Waals surface area contributed by atoms with Crippen LogP contribution in [0.15, 0.2) is 22.0 Å². The number of carbonyl (C=O) groups is 1. The van der Waals surface area contributed by atoms with Crippen LogP contribution in [-0.4, -0.2) is 33.0 Å². The van der Waals surface area contributed by atoms with Gasteiger partial charge in [-0.3, -0.25) is 9.48 Å². The molecular formula is C15H20N4OS2. The Bertz CT molecular complexity index is 647. The fourth-order valence-electron chi connectivity index (χ4n) is 1.97. The maximum absolute atomic E-state index is 11.8. The van der Waals surface area contributed by atoms with E-state index in [4.69, 9.17) is 0 Å². The normalized spacial score (nSPS) is 11.2. The molecule has 0 aliphatic rings. The van der Waals surface area contributed by atoms with Crippen molar-refractivity contribution < 1.29 is 4.79 Å². The maximum atomic E-state index is 11.8. The van der Waals surface area contributed by atoms with Crippen LogP contribution in [0.3, 0.4) is 0 Å². The summed E-state index contributed by atoms with van der Waals surface area (Å²) in [6, 6.07) is 0. The Labute approximate surface area is 138 Å². The van der Waals surface area contributed by atoms with Crippen LogP contribution in [-0.2, 0) is 11.8 Å². The predicted octanol–water partition coefficient (Wildman–Crippen LogP) is 2.81. The van der Waals surface area contributed by atoms with Gasteiger partial charge in [-0.1, -0.05) is 11.8 Å². The minimum absolute atomic E-state index is 0.0677. The summed E-state index contributed by atoms with van der Waals surface area (Å²) in [6.07, 6.45) is 6.14. The zero-order chi connectivity index (χ0) is 15.9. The van der Waals surface area contributed by atoms with Gasteiger partial charge in [0.05, 0.1) is 5.69 Å². The minimum atomic E-state index is -0.0677. The molecule has 0 radical (unpaired) electrons. The molecule has 0 aromatic carbocycles. The highest BCUT2D eigenvalue weighted by molar-refractivity contribution is 8.00. The number of thioether (sulfide) groups is 1. The van der Waals surface area contributed by atoms with Gasteiger partial charge in [0.2, 0.25) is 5.91 Å². The molecule has 2 heterocycles. The van der Waals surface area contributed by atoms with Crippen molar-refractivity contribution in [2.75, 3.05) is 12.3 Å². The van der Waals surface area contributed by atoms with Gasteiger partial charge in [-0.2, -0.15) is 5.10 Å². The number of carbonyl (C=O) groups excluding carboxylic acids is 1. The minimum Gasteiger partial charge on any atom is -0.353 e. The van der Waals surface area contributed by atoms with Gasteiger partial charge in [-0.25, -0.2) is 4.98 Å². The zero-order valence-corrected chi connectivity index (χ0v) is 14.6. The van der Waals surface area contributed by atoms with Gasteiger partial charge in [-0.05, 0) is 26.3 Å². The van der Waals surface area contributed by atoms with Gasteiger partial charge < -0.3 is 5.32 Å². The van der Waals surface area contributed by atoms with Gasteiger partial charge in [0.25, 0.3) is 0 Å². The molecule has 2 rings (SSSR count). The van der Waals surface area contributed by atoms with Crippen LogP contribution in [0.2, 0.25) is 0 Å². The lowest BCUT2D eigenvalue weighted by Crippen LogP contribution is -2.22. The summed E-state index contributed by atoms with van der Waals surface area (Å²) in [5.41, 5.74) is 3.00. The third-order valence-corrected chi connectivity index (χ3v) is 5.27. The van der Waals surface area contributed by atoms with Gasteiger partial charge >= 0.3 is 0 Å². The summed E-state index contributed by atoms with van der Waals surface area (Å²) in [7, 11) is 1.90. The molecule has 1 amide bonds. The lowest BCUT2D eigenvalue weighted by molar-refractivity contribution is -0.116. The van der Waals surface area contributed by atoms with Crippen molar-refractivity contribution >= 4 is 35.1 Å². The van der Waals surface area contributed by atoms with Crippen LogP contribution in [0.5, 0.6) is 0 Å². The topological polar surface area (TPSA) is 59.8 Å². The second-order valence-electron chi connectivity index (χ2n) is 4.83. The lowest BCUT2D eigenvalue weighted by atomic mass is 10.2. The smallest absolute Gasteiger partial charge is 0.244 e. The second kappa shape index (κ2) is 8.14. The van der Waals surface area contributed by atoms with E-state index in [0.717, 1.165) is 33.5 Å². The molecule has 7 heteroatoms.